The molecule has 0 aromatic heterocycles. The number of rotatable bonds is 4. The highest BCUT2D eigenvalue weighted by molar-refractivity contribution is 5.99. The van der Waals surface area contributed by atoms with Gasteiger partial charge in [0.1, 0.15) is 0 Å². The van der Waals surface area contributed by atoms with Crippen molar-refractivity contribution in [1.29, 1.82) is 5.26 Å². The summed E-state index contributed by atoms with van der Waals surface area (Å²) < 4.78 is 0. The Balaban J connectivity index is 2.24. The second-order valence-corrected chi connectivity index (χ2v) is 4.82. The Morgan fingerprint density at radius 3 is 2.94 bits per heavy atom. The quantitative estimate of drug-likeness (QED) is 0.881. The molecule has 18 heavy (non-hydrogen) atoms. The van der Waals surface area contributed by atoms with Crippen molar-refractivity contribution < 1.29 is 4.79 Å². The minimum absolute atomic E-state index is 0.0561. The van der Waals surface area contributed by atoms with Crippen LogP contribution in [0.2, 0.25) is 0 Å². The third kappa shape index (κ3) is 2.52. The van der Waals surface area contributed by atoms with Gasteiger partial charge in [-0.1, -0.05) is 12.1 Å². The molecule has 0 fully saturated rings. The molecule has 1 amide bonds. The van der Waals surface area contributed by atoms with E-state index in [1.54, 1.807) is 0 Å². The maximum absolute atomic E-state index is 11.3. The zero-order valence-corrected chi connectivity index (χ0v) is 10.7. The van der Waals surface area contributed by atoms with E-state index >= 15 is 0 Å². The first-order valence-electron chi connectivity index (χ1n) is 6.08. The summed E-state index contributed by atoms with van der Waals surface area (Å²) >= 11 is 0. The lowest BCUT2D eigenvalue weighted by molar-refractivity contribution is -0.115. The topological polar surface area (TPSA) is 56.1 Å². The van der Waals surface area contributed by atoms with Crippen molar-refractivity contribution in [1.82, 2.24) is 4.90 Å². The highest BCUT2D eigenvalue weighted by Gasteiger charge is 2.20. The fourth-order valence-corrected chi connectivity index (χ4v) is 2.38. The third-order valence-corrected chi connectivity index (χ3v) is 3.29. The Morgan fingerprint density at radius 1 is 1.50 bits per heavy atom. The summed E-state index contributed by atoms with van der Waals surface area (Å²) in [5.41, 5.74) is 3.15. The number of anilines is 1. The summed E-state index contributed by atoms with van der Waals surface area (Å²) in [6, 6.07) is 8.49. The van der Waals surface area contributed by atoms with Crippen LogP contribution in [0.4, 0.5) is 5.69 Å². The largest absolute Gasteiger partial charge is 0.326 e. The van der Waals surface area contributed by atoms with Gasteiger partial charge in [0, 0.05) is 18.2 Å². The Morgan fingerprint density at radius 2 is 2.28 bits per heavy atom. The third-order valence-electron chi connectivity index (χ3n) is 3.29. The molecule has 1 aliphatic heterocycles. The number of benzene rings is 1. The average Bonchev–Trinajstić information content (AvgIpc) is 2.68. The van der Waals surface area contributed by atoms with Gasteiger partial charge >= 0.3 is 0 Å². The Labute approximate surface area is 107 Å². The number of carbonyl (C=O) groups excluding carboxylic acids is 1. The van der Waals surface area contributed by atoms with Gasteiger partial charge in [-0.2, -0.15) is 5.26 Å². The smallest absolute Gasteiger partial charge is 0.228 e. The number of fused-ring (bicyclic) bond motifs is 1. The molecular weight excluding hydrogens is 226 g/mol. The molecule has 4 nitrogen and oxygen atoms in total. The molecule has 2 rings (SSSR count). The number of nitrogens with zero attached hydrogens (tertiary/aromatic N) is 2. The van der Waals surface area contributed by atoms with E-state index in [2.05, 4.69) is 22.4 Å². The fraction of sp³-hybridized carbons (Fsp3) is 0.429. The van der Waals surface area contributed by atoms with E-state index in [4.69, 9.17) is 5.26 Å². The van der Waals surface area contributed by atoms with Gasteiger partial charge in [0.2, 0.25) is 5.91 Å². The molecule has 1 heterocycles. The number of nitriles is 1. The molecule has 0 saturated carbocycles. The average molecular weight is 243 g/mol. The highest BCUT2D eigenvalue weighted by atomic mass is 16.1. The Kier molecular flexibility index (Phi) is 3.63. The molecule has 0 spiro atoms. The van der Waals surface area contributed by atoms with Crippen molar-refractivity contribution in [3.05, 3.63) is 29.3 Å². The van der Waals surface area contributed by atoms with Gasteiger partial charge in [-0.3, -0.25) is 4.79 Å². The van der Waals surface area contributed by atoms with Gasteiger partial charge in [0.25, 0.3) is 0 Å². The van der Waals surface area contributed by atoms with Crippen LogP contribution in [0.15, 0.2) is 18.2 Å². The summed E-state index contributed by atoms with van der Waals surface area (Å²) in [4.78, 5) is 13.4. The predicted octanol–water partition coefficient (Wildman–Crippen LogP) is 2.09. The van der Waals surface area contributed by atoms with E-state index < -0.39 is 0 Å². The second kappa shape index (κ2) is 5.19. The molecule has 1 atom stereocenters. The van der Waals surface area contributed by atoms with E-state index in [9.17, 15) is 4.79 Å². The molecule has 1 unspecified atom stereocenters. The van der Waals surface area contributed by atoms with E-state index in [0.29, 0.717) is 12.8 Å². The van der Waals surface area contributed by atoms with Crippen molar-refractivity contribution in [2.75, 3.05) is 19.4 Å². The van der Waals surface area contributed by atoms with Crippen molar-refractivity contribution in [3.8, 4) is 6.07 Å². The van der Waals surface area contributed by atoms with Crippen LogP contribution in [-0.4, -0.2) is 24.9 Å². The summed E-state index contributed by atoms with van der Waals surface area (Å²) in [5, 5.41) is 11.5. The minimum atomic E-state index is 0.0561. The maximum Gasteiger partial charge on any atom is 0.228 e. The van der Waals surface area contributed by atoms with Crippen LogP contribution in [0.1, 0.15) is 30.0 Å². The molecule has 4 heteroatoms. The summed E-state index contributed by atoms with van der Waals surface area (Å²) in [5.74, 6) is 0.0561. The predicted molar refractivity (Wildman–Crippen MR) is 70.1 cm³/mol. The summed E-state index contributed by atoms with van der Waals surface area (Å²) in [6.45, 7) is 0. The van der Waals surface area contributed by atoms with E-state index in [1.165, 1.54) is 5.56 Å². The summed E-state index contributed by atoms with van der Waals surface area (Å²) in [7, 11) is 4.03. The van der Waals surface area contributed by atoms with Gasteiger partial charge in [-0.15, -0.1) is 0 Å². The first-order chi connectivity index (χ1) is 8.61. The monoisotopic (exact) mass is 243 g/mol. The van der Waals surface area contributed by atoms with Crippen molar-refractivity contribution in [2.24, 2.45) is 0 Å². The molecule has 1 aromatic carbocycles. The van der Waals surface area contributed by atoms with E-state index in [-0.39, 0.29) is 11.9 Å². The number of hydrogen-bond acceptors (Lipinski definition) is 3. The standard InChI is InChI=1S/C14H17N3O/c1-17(2)13(4-3-7-15)10-5-6-12-11(8-10)9-14(18)16-12/h5-6,8,13H,3-4,9H2,1-2H3,(H,16,18). The van der Waals surface area contributed by atoms with E-state index in [0.717, 1.165) is 17.7 Å². The Bertz CT molecular complexity index is 502. The normalized spacial score (nSPS) is 15.1. The molecule has 1 aromatic rings. The van der Waals surface area contributed by atoms with Crippen LogP contribution in [-0.2, 0) is 11.2 Å². The van der Waals surface area contributed by atoms with Gasteiger partial charge in [0.15, 0.2) is 0 Å². The molecular formula is C14H17N3O. The van der Waals surface area contributed by atoms with Crippen LogP contribution in [0.25, 0.3) is 0 Å². The minimum Gasteiger partial charge on any atom is -0.326 e. The summed E-state index contributed by atoms with van der Waals surface area (Å²) in [6.07, 6.45) is 1.81. The number of nitrogens with one attached hydrogen (secondary N) is 1. The van der Waals surface area contributed by atoms with Crippen LogP contribution < -0.4 is 5.32 Å². The van der Waals surface area contributed by atoms with E-state index in [1.807, 2.05) is 26.2 Å². The lowest BCUT2D eigenvalue weighted by Crippen LogP contribution is -2.19. The van der Waals surface area contributed by atoms with Gasteiger partial charge in [-0.25, -0.2) is 0 Å². The van der Waals surface area contributed by atoms with Crippen LogP contribution >= 0.6 is 0 Å². The van der Waals surface area contributed by atoms with Crippen molar-refractivity contribution >= 4 is 11.6 Å². The molecule has 0 radical (unpaired) electrons. The van der Waals surface area contributed by atoms with Gasteiger partial charge < -0.3 is 10.2 Å². The fourth-order valence-electron chi connectivity index (χ4n) is 2.38. The van der Waals surface area contributed by atoms with Crippen LogP contribution in [0.3, 0.4) is 0 Å². The van der Waals surface area contributed by atoms with Crippen LogP contribution in [0.5, 0.6) is 0 Å². The highest BCUT2D eigenvalue weighted by Crippen LogP contribution is 2.30. The number of hydrogen-bond donors (Lipinski definition) is 1. The molecule has 94 valence electrons. The maximum atomic E-state index is 11.3. The zero-order valence-electron chi connectivity index (χ0n) is 10.7. The van der Waals surface area contributed by atoms with Gasteiger partial charge in [0.05, 0.1) is 12.5 Å². The first-order valence-corrected chi connectivity index (χ1v) is 6.08. The SMILES string of the molecule is CN(C)C(CCC#N)c1ccc2c(c1)CC(=O)N2. The lowest BCUT2D eigenvalue weighted by atomic mass is 9.98. The molecule has 1 N–H and O–H groups in total. The molecule has 1 aliphatic rings. The number of amides is 1. The molecule has 0 saturated heterocycles. The lowest BCUT2D eigenvalue weighted by Gasteiger charge is -2.24. The second-order valence-electron chi connectivity index (χ2n) is 4.82. The van der Waals surface area contributed by atoms with Gasteiger partial charge in [-0.05, 0) is 37.7 Å². The zero-order chi connectivity index (χ0) is 13.1. The van der Waals surface area contributed by atoms with Crippen LogP contribution in [0, 0.1) is 11.3 Å². The number of carbonyl (C=O) groups is 1. The molecule has 0 bridgehead atoms. The van der Waals surface area contributed by atoms with Crippen molar-refractivity contribution in [2.45, 2.75) is 25.3 Å². The van der Waals surface area contributed by atoms with Crippen molar-refractivity contribution in [3.63, 3.8) is 0 Å². The first kappa shape index (κ1) is 12.6. The Hall–Kier alpha value is -1.86. The molecule has 0 aliphatic carbocycles.